The van der Waals surface area contributed by atoms with Crippen molar-refractivity contribution < 1.29 is 57.0 Å². The smallest absolute Gasteiger partial charge is 0.211 e. The Kier molecular flexibility index (Phi) is 24.1. The largest absolute Gasteiger partial charge is 0.491 e. The average molecular weight is 1690 g/mol. The lowest BCUT2D eigenvalue weighted by Gasteiger charge is -2.26. The van der Waals surface area contributed by atoms with Gasteiger partial charge in [-0.3, -0.25) is 43.4 Å². The first kappa shape index (κ1) is 86.7. The lowest BCUT2D eigenvalue weighted by atomic mass is 9.91. The molecule has 0 aromatic carbocycles. The topological polar surface area (TPSA) is 369 Å². The molecule has 6 aliphatic rings. The predicted molar refractivity (Wildman–Crippen MR) is 461 cm³/mol. The van der Waals surface area contributed by atoms with Crippen LogP contribution in [0.5, 0.6) is 51.7 Å². The van der Waals surface area contributed by atoms with Crippen LogP contribution in [-0.4, -0.2) is 163 Å². The summed E-state index contributed by atoms with van der Waals surface area (Å²) in [6.45, 7) is 26.8. The fraction of sp³-hybridized carbons (Fsp3) is 0.489. The summed E-state index contributed by atoms with van der Waals surface area (Å²) < 4.78 is 65.2. The molecule has 4 N–H and O–H groups in total. The third-order valence-corrected chi connectivity index (χ3v) is 23.0. The molecule has 18 rings (SSSR count). The number of methoxy groups -OCH3 is 3. The van der Waals surface area contributed by atoms with E-state index in [0.717, 1.165) is 87.8 Å². The number of nitrogens with one attached hydrogen (secondary N) is 2. The predicted octanol–water partition coefficient (Wildman–Crippen LogP) is 15.9. The van der Waals surface area contributed by atoms with Crippen LogP contribution in [0.4, 0.5) is 29.4 Å². The summed E-state index contributed by atoms with van der Waals surface area (Å²) in [5, 5.41) is 21.7. The van der Waals surface area contributed by atoms with Crippen molar-refractivity contribution in [3.8, 4) is 51.7 Å². The Morgan fingerprint density at radius 2 is 0.779 bits per heavy atom. The van der Waals surface area contributed by atoms with E-state index in [4.69, 9.17) is 80.1 Å². The van der Waals surface area contributed by atoms with Crippen LogP contribution in [0.25, 0.3) is 33.5 Å². The molecule has 3 spiro atoms. The van der Waals surface area contributed by atoms with E-state index < -0.39 is 0 Å². The number of nitrogens with two attached hydrogens (primary N) is 1. The van der Waals surface area contributed by atoms with Crippen molar-refractivity contribution >= 4 is 91.8 Å². The molecule has 6 fully saturated rings. The lowest BCUT2D eigenvalue weighted by molar-refractivity contribution is -0.117. The number of halogens is 1. The first-order chi connectivity index (χ1) is 57.6. The number of aryl methyl sites for hydroxylation is 3. The lowest BCUT2D eigenvalue weighted by Crippen LogP contribution is -2.28. The molecule has 12 aromatic rings. The highest BCUT2D eigenvalue weighted by atomic mass is 35.5. The second kappa shape index (κ2) is 34.0. The van der Waals surface area contributed by atoms with E-state index in [1.165, 1.54) is 52.6 Å². The summed E-state index contributed by atoms with van der Waals surface area (Å²) >= 11 is 6.04. The third kappa shape index (κ3) is 18.0. The minimum absolute atomic E-state index is 0. The summed E-state index contributed by atoms with van der Waals surface area (Å²) in [4.78, 5) is 73.9. The summed E-state index contributed by atoms with van der Waals surface area (Å²) in [6, 6.07) is 17.4. The van der Waals surface area contributed by atoms with Gasteiger partial charge in [0.25, 0.3) is 0 Å². The van der Waals surface area contributed by atoms with Gasteiger partial charge in [-0.15, -0.1) is 0 Å². The van der Waals surface area contributed by atoms with E-state index in [9.17, 15) is 14.4 Å². The Morgan fingerprint density at radius 3 is 1.09 bits per heavy atom. The molecule has 0 bridgehead atoms. The molecular formula is C88H110ClN21O12. The van der Waals surface area contributed by atoms with Gasteiger partial charge in [0, 0.05) is 149 Å². The van der Waals surface area contributed by atoms with Gasteiger partial charge < -0.3 is 72.7 Å². The number of carbonyl (C=O) groups is 3. The number of hydrogen-bond acceptors (Lipinski definition) is 27. The Balaban J connectivity index is 0.000000139. The number of ether oxygens (including phenoxy) is 9. The van der Waals surface area contributed by atoms with Crippen molar-refractivity contribution in [1.29, 1.82) is 0 Å². The molecule has 646 valence electrons. The zero-order valence-electron chi connectivity index (χ0n) is 71.9. The number of anilines is 5. The number of ketones is 3. The molecule has 0 amide bonds. The fourth-order valence-corrected chi connectivity index (χ4v) is 16.5. The SMILES string of the molecule is C.CC(C)(C)c1cc(N)nn1C1CCOC12CC2.COc1c(Oc2ccnc(CC(C)=O)c2)cnc2nc(Cl)n(C)c12.COc1c(Oc2ccnc(CC(C)=O)c2)cnc2nc(Nc3cc(C(C)(C)C)n(C4CCOC45CC5)n3)n(C)c12.COc1c(Oc2ccnc(CC(C)=O)c2)cnc2nc(Nc3cc(C(C)(C)C)n(C4CCOC45CC5)n3)n(C)c12. The molecule has 34 heteroatoms. The van der Waals surface area contributed by atoms with Crippen molar-refractivity contribution in [3.05, 3.63) is 131 Å². The van der Waals surface area contributed by atoms with Crippen molar-refractivity contribution in [3.63, 3.8) is 0 Å². The molecule has 3 atom stereocenters. The number of aromatic nitrogens is 18. The van der Waals surface area contributed by atoms with Gasteiger partial charge in [-0.25, -0.2) is 15.0 Å². The number of rotatable bonds is 22. The van der Waals surface area contributed by atoms with Crippen molar-refractivity contribution in [2.24, 2.45) is 21.1 Å². The van der Waals surface area contributed by atoms with Crippen LogP contribution in [0, 0.1) is 0 Å². The summed E-state index contributed by atoms with van der Waals surface area (Å²) in [5.41, 5.74) is 14.7. The van der Waals surface area contributed by atoms with Crippen LogP contribution in [0.2, 0.25) is 5.28 Å². The second-order valence-electron chi connectivity index (χ2n) is 35.1. The zero-order valence-corrected chi connectivity index (χ0v) is 72.7. The molecule has 15 heterocycles. The summed E-state index contributed by atoms with van der Waals surface area (Å²) in [7, 11) is 10.3. The minimum Gasteiger partial charge on any atom is -0.491 e. The number of imidazole rings is 3. The molecule has 3 aliphatic heterocycles. The number of nitrogen functional groups attached to an aromatic ring is 1. The van der Waals surface area contributed by atoms with Crippen LogP contribution in [0.15, 0.2) is 91.8 Å². The van der Waals surface area contributed by atoms with Crippen LogP contribution < -0.4 is 44.8 Å². The van der Waals surface area contributed by atoms with E-state index in [-0.39, 0.29) is 89.2 Å². The van der Waals surface area contributed by atoms with Gasteiger partial charge in [-0.2, -0.15) is 30.2 Å². The van der Waals surface area contributed by atoms with Crippen LogP contribution >= 0.6 is 11.6 Å². The standard InChI is InChI=1S/2C29H35N7O4.C16H15ClN4O3.C13H21N3O.CH4/c2*1-17(37)13-18-14-19(7-11-30-18)40-20-16-31-26-24(25(20)38-6)35(5)27(33-26)32-23-15-22(28(2,3)4)36(34-23)21-8-12-39-29(21)9-10-29;1-9(22)6-10-7-11(4-5-18-10)24-12-8-19-15-13(14(12)23-3)21(2)16(17)20-15;1-12(2,3)10-8-11(14)15-16(10)9-4-7-17-13(9)5-6-13;/h2*7,11,14-16,21H,8-10,12-13H2,1-6H3,(H,31,32,33,34);4-5,7-8H,6H2,1-3H3;8-9H,4-7H2,1-3H3,(H2,14,15);1H4. The highest BCUT2D eigenvalue weighted by molar-refractivity contribution is 6.29. The molecule has 33 nitrogen and oxygen atoms in total. The van der Waals surface area contributed by atoms with Gasteiger partial charge in [0.15, 0.2) is 63.1 Å². The minimum atomic E-state index is -0.0911. The monoisotopic (exact) mass is 1690 g/mol. The Bertz CT molecular complexity index is 5670. The quantitative estimate of drug-likeness (QED) is 0.0567. The maximum Gasteiger partial charge on any atom is 0.211 e. The van der Waals surface area contributed by atoms with Gasteiger partial charge in [0.2, 0.25) is 17.2 Å². The molecule has 12 aromatic heterocycles. The van der Waals surface area contributed by atoms with Crippen molar-refractivity contribution in [2.75, 3.05) is 57.5 Å². The zero-order chi connectivity index (χ0) is 86.0. The molecular weight excluding hydrogens is 1580 g/mol. The van der Waals surface area contributed by atoms with E-state index in [1.807, 2.05) is 29.3 Å². The van der Waals surface area contributed by atoms with Crippen LogP contribution in [0.3, 0.4) is 0 Å². The number of carbonyl (C=O) groups excluding carboxylic acids is 3. The third-order valence-electron chi connectivity index (χ3n) is 22.6. The van der Waals surface area contributed by atoms with E-state index in [0.29, 0.717) is 131 Å². The van der Waals surface area contributed by atoms with Crippen LogP contribution in [-0.2, 0) is 85.2 Å². The van der Waals surface area contributed by atoms with Gasteiger partial charge >= 0.3 is 0 Å². The number of Topliss-reactive ketones (excluding diaryl/α,β-unsaturated/α-hetero) is 3. The molecule has 3 aliphatic carbocycles. The van der Waals surface area contributed by atoms with Gasteiger partial charge in [-0.1, -0.05) is 69.7 Å². The number of fused-ring (bicyclic) bond motifs is 3. The Morgan fingerprint density at radius 1 is 0.467 bits per heavy atom. The van der Waals surface area contributed by atoms with Gasteiger partial charge in [-0.05, 0) is 108 Å². The summed E-state index contributed by atoms with van der Waals surface area (Å²) in [5.74, 6) is 7.69. The molecule has 3 unspecified atom stereocenters. The molecule has 122 heavy (non-hydrogen) atoms. The fourth-order valence-electron chi connectivity index (χ4n) is 16.4. The number of hydrogen-bond donors (Lipinski definition) is 3. The maximum atomic E-state index is 11.5. The van der Waals surface area contributed by atoms with Crippen molar-refractivity contribution in [2.45, 2.75) is 219 Å². The highest BCUT2D eigenvalue weighted by Crippen LogP contribution is 2.57. The molecule has 0 radical (unpaired) electrons. The second-order valence-corrected chi connectivity index (χ2v) is 35.4. The first-order valence-corrected chi connectivity index (χ1v) is 41.2. The molecule has 3 saturated heterocycles. The highest BCUT2D eigenvalue weighted by Gasteiger charge is 2.58. The summed E-state index contributed by atoms with van der Waals surface area (Å²) in [6.07, 6.45) is 19.9. The average Bonchev–Trinajstić information content (AvgIpc) is 1.58. The van der Waals surface area contributed by atoms with Gasteiger partial charge in [0.05, 0.1) is 91.9 Å². The van der Waals surface area contributed by atoms with Crippen LogP contribution in [0.1, 0.15) is 201 Å². The normalized spacial score (nSPS) is 17.6. The first-order valence-electron chi connectivity index (χ1n) is 40.8. The Hall–Kier alpha value is -11.7. The number of nitrogens with zero attached hydrogens (tertiary/aromatic N) is 18. The number of pyridine rings is 6. The van der Waals surface area contributed by atoms with E-state index in [1.54, 1.807) is 93.2 Å². The molecule has 3 saturated carbocycles. The van der Waals surface area contributed by atoms with E-state index >= 15 is 0 Å². The van der Waals surface area contributed by atoms with Gasteiger partial charge in [0.1, 0.15) is 57.0 Å². The van der Waals surface area contributed by atoms with Crippen molar-refractivity contribution in [1.82, 2.24) is 87.9 Å². The Labute approximate surface area is 713 Å². The van der Waals surface area contributed by atoms with E-state index in [2.05, 4.69) is 139 Å². The maximum absolute atomic E-state index is 11.5.